The van der Waals surface area contributed by atoms with Crippen molar-refractivity contribution in [2.75, 3.05) is 6.54 Å². The molecule has 2 heterocycles. The van der Waals surface area contributed by atoms with Gasteiger partial charge in [0, 0.05) is 12.7 Å². The largest absolute Gasteiger partial charge is 0.304 e. The second-order valence-electron chi connectivity index (χ2n) is 4.44. The van der Waals surface area contributed by atoms with E-state index in [0.29, 0.717) is 0 Å². The van der Waals surface area contributed by atoms with Crippen LogP contribution in [0.1, 0.15) is 36.8 Å². The first-order valence-electron chi connectivity index (χ1n) is 6.54. The number of nitrogens with zero attached hydrogens (tertiary/aromatic N) is 3. The molecule has 2 rings (SSSR count). The lowest BCUT2D eigenvalue weighted by Crippen LogP contribution is -2.26. The number of aromatic nitrogens is 3. The van der Waals surface area contributed by atoms with Crippen LogP contribution in [0.4, 0.5) is 0 Å². The first kappa shape index (κ1) is 14.2. The SMILES string of the molecule is CCNC(c1cc(C)ccn1)c1c(Br)cnn1CC. The molecule has 2 aromatic heterocycles. The van der Waals surface area contributed by atoms with Gasteiger partial charge in [-0.05, 0) is 54.0 Å². The Bertz CT molecular complexity index is 550. The fourth-order valence-corrected chi connectivity index (χ4v) is 2.70. The molecule has 2 aromatic rings. The Morgan fingerprint density at radius 1 is 1.42 bits per heavy atom. The average Bonchev–Trinajstić information content (AvgIpc) is 2.77. The fraction of sp³-hybridized carbons (Fsp3) is 0.429. The highest BCUT2D eigenvalue weighted by molar-refractivity contribution is 9.10. The topological polar surface area (TPSA) is 42.7 Å². The molecule has 1 N–H and O–H groups in total. The minimum Gasteiger partial charge on any atom is -0.304 e. The van der Waals surface area contributed by atoms with Gasteiger partial charge in [-0.15, -0.1) is 0 Å². The van der Waals surface area contributed by atoms with Crippen LogP contribution in [0, 0.1) is 6.92 Å². The summed E-state index contributed by atoms with van der Waals surface area (Å²) in [7, 11) is 0. The van der Waals surface area contributed by atoms with Gasteiger partial charge in [0.15, 0.2) is 0 Å². The van der Waals surface area contributed by atoms with Crippen LogP contribution in [0.25, 0.3) is 0 Å². The molecule has 0 aliphatic rings. The van der Waals surface area contributed by atoms with Gasteiger partial charge < -0.3 is 5.32 Å². The Kier molecular flexibility index (Phi) is 4.71. The summed E-state index contributed by atoms with van der Waals surface area (Å²) in [4.78, 5) is 4.51. The van der Waals surface area contributed by atoms with Gasteiger partial charge in [0.05, 0.1) is 28.1 Å². The van der Waals surface area contributed by atoms with E-state index in [9.17, 15) is 0 Å². The van der Waals surface area contributed by atoms with Crippen LogP contribution in [-0.4, -0.2) is 21.3 Å². The van der Waals surface area contributed by atoms with Crippen molar-refractivity contribution in [3.63, 3.8) is 0 Å². The second-order valence-corrected chi connectivity index (χ2v) is 5.30. The highest BCUT2D eigenvalue weighted by Crippen LogP contribution is 2.27. The van der Waals surface area contributed by atoms with Crippen molar-refractivity contribution in [2.24, 2.45) is 0 Å². The number of hydrogen-bond donors (Lipinski definition) is 1. The van der Waals surface area contributed by atoms with E-state index in [4.69, 9.17) is 0 Å². The fourth-order valence-electron chi connectivity index (χ4n) is 2.17. The van der Waals surface area contributed by atoms with E-state index in [1.54, 1.807) is 0 Å². The molecule has 0 saturated carbocycles. The van der Waals surface area contributed by atoms with E-state index in [1.807, 2.05) is 23.1 Å². The zero-order valence-electron chi connectivity index (χ0n) is 11.5. The van der Waals surface area contributed by atoms with Crippen molar-refractivity contribution in [1.29, 1.82) is 0 Å². The summed E-state index contributed by atoms with van der Waals surface area (Å²) < 4.78 is 3.02. The number of hydrogen-bond acceptors (Lipinski definition) is 3. The van der Waals surface area contributed by atoms with Crippen molar-refractivity contribution in [1.82, 2.24) is 20.1 Å². The van der Waals surface area contributed by atoms with Gasteiger partial charge in [0.1, 0.15) is 0 Å². The molecule has 0 amide bonds. The summed E-state index contributed by atoms with van der Waals surface area (Å²) in [5.74, 6) is 0. The number of rotatable bonds is 5. The molecule has 0 spiro atoms. The lowest BCUT2D eigenvalue weighted by molar-refractivity contribution is 0.532. The Morgan fingerprint density at radius 2 is 2.21 bits per heavy atom. The molecule has 0 aliphatic carbocycles. The van der Waals surface area contributed by atoms with Gasteiger partial charge in [-0.2, -0.15) is 5.10 Å². The minimum atomic E-state index is 0.0572. The van der Waals surface area contributed by atoms with Crippen LogP contribution in [-0.2, 0) is 6.54 Å². The quantitative estimate of drug-likeness (QED) is 0.919. The van der Waals surface area contributed by atoms with E-state index in [-0.39, 0.29) is 6.04 Å². The van der Waals surface area contributed by atoms with Crippen LogP contribution in [0.15, 0.2) is 29.0 Å². The molecule has 0 fully saturated rings. The monoisotopic (exact) mass is 322 g/mol. The third-order valence-corrected chi connectivity index (χ3v) is 3.66. The predicted molar refractivity (Wildman–Crippen MR) is 80.1 cm³/mol. The van der Waals surface area contributed by atoms with E-state index in [1.165, 1.54) is 5.56 Å². The van der Waals surface area contributed by atoms with Gasteiger partial charge in [0.25, 0.3) is 0 Å². The van der Waals surface area contributed by atoms with Crippen molar-refractivity contribution in [2.45, 2.75) is 33.4 Å². The van der Waals surface area contributed by atoms with Crippen molar-refractivity contribution in [3.05, 3.63) is 46.0 Å². The Labute approximate surface area is 122 Å². The zero-order valence-corrected chi connectivity index (χ0v) is 13.1. The highest BCUT2D eigenvalue weighted by Gasteiger charge is 2.21. The number of aryl methyl sites for hydroxylation is 2. The van der Waals surface area contributed by atoms with Crippen LogP contribution >= 0.6 is 15.9 Å². The van der Waals surface area contributed by atoms with Gasteiger partial charge in [-0.3, -0.25) is 9.67 Å². The van der Waals surface area contributed by atoms with Crippen LogP contribution < -0.4 is 5.32 Å². The standard InChI is InChI=1S/C14H19BrN4/c1-4-16-13(12-8-10(3)6-7-17-12)14-11(15)9-18-19(14)5-2/h6-9,13,16H,4-5H2,1-3H3. The maximum Gasteiger partial charge on any atom is 0.0933 e. The minimum absolute atomic E-state index is 0.0572. The Hall–Kier alpha value is -1.20. The third kappa shape index (κ3) is 3.04. The van der Waals surface area contributed by atoms with Crippen molar-refractivity contribution in [3.8, 4) is 0 Å². The summed E-state index contributed by atoms with van der Waals surface area (Å²) in [6.07, 6.45) is 3.70. The zero-order chi connectivity index (χ0) is 13.8. The molecule has 5 heteroatoms. The molecule has 1 atom stereocenters. The normalized spacial score (nSPS) is 12.6. The maximum absolute atomic E-state index is 4.51. The van der Waals surface area contributed by atoms with E-state index >= 15 is 0 Å². The molecule has 1 unspecified atom stereocenters. The van der Waals surface area contributed by atoms with E-state index in [2.05, 4.69) is 58.2 Å². The third-order valence-electron chi connectivity index (χ3n) is 3.05. The van der Waals surface area contributed by atoms with Crippen molar-refractivity contribution >= 4 is 15.9 Å². The molecule has 19 heavy (non-hydrogen) atoms. The molecule has 0 aromatic carbocycles. The Morgan fingerprint density at radius 3 is 2.84 bits per heavy atom. The molecular formula is C14H19BrN4. The Balaban J connectivity index is 2.48. The van der Waals surface area contributed by atoms with Crippen LogP contribution in [0.3, 0.4) is 0 Å². The summed E-state index contributed by atoms with van der Waals surface area (Å²) >= 11 is 3.59. The molecule has 0 saturated heterocycles. The number of pyridine rings is 1. The van der Waals surface area contributed by atoms with Crippen LogP contribution in [0.5, 0.6) is 0 Å². The van der Waals surface area contributed by atoms with Gasteiger partial charge in [0.2, 0.25) is 0 Å². The summed E-state index contributed by atoms with van der Waals surface area (Å²) in [6, 6.07) is 4.19. The first-order valence-corrected chi connectivity index (χ1v) is 7.33. The van der Waals surface area contributed by atoms with Gasteiger partial charge in [-0.25, -0.2) is 0 Å². The van der Waals surface area contributed by atoms with E-state index < -0.39 is 0 Å². The molecule has 0 bridgehead atoms. The lowest BCUT2D eigenvalue weighted by Gasteiger charge is -2.19. The number of nitrogens with one attached hydrogen (secondary N) is 1. The maximum atomic E-state index is 4.51. The van der Waals surface area contributed by atoms with E-state index in [0.717, 1.165) is 29.0 Å². The van der Waals surface area contributed by atoms with Crippen molar-refractivity contribution < 1.29 is 0 Å². The summed E-state index contributed by atoms with van der Waals surface area (Å²) in [6.45, 7) is 8.00. The molecule has 4 nitrogen and oxygen atoms in total. The van der Waals surface area contributed by atoms with Crippen LogP contribution in [0.2, 0.25) is 0 Å². The highest BCUT2D eigenvalue weighted by atomic mass is 79.9. The molecule has 0 radical (unpaired) electrons. The lowest BCUT2D eigenvalue weighted by atomic mass is 10.1. The average molecular weight is 323 g/mol. The summed E-state index contributed by atoms with van der Waals surface area (Å²) in [5, 5.41) is 7.88. The summed E-state index contributed by atoms with van der Waals surface area (Å²) in [5.41, 5.74) is 3.37. The van der Waals surface area contributed by atoms with Gasteiger partial charge in [-0.1, -0.05) is 6.92 Å². The van der Waals surface area contributed by atoms with Gasteiger partial charge >= 0.3 is 0 Å². The first-order chi connectivity index (χ1) is 9.17. The molecule has 0 aliphatic heterocycles. The smallest absolute Gasteiger partial charge is 0.0933 e. The predicted octanol–water partition coefficient (Wildman–Crippen LogP) is 3.07. The molecular weight excluding hydrogens is 304 g/mol. The number of halogens is 1. The second kappa shape index (κ2) is 6.30. The molecule has 102 valence electrons.